The molecule has 25 heavy (non-hydrogen) atoms. The summed E-state index contributed by atoms with van der Waals surface area (Å²) in [6.07, 6.45) is 7.53. The largest absolute Gasteiger partial charge is 0.340 e. The van der Waals surface area contributed by atoms with Crippen LogP contribution in [-0.4, -0.2) is 38.5 Å². The third kappa shape index (κ3) is 4.65. The number of aromatic nitrogens is 3. The van der Waals surface area contributed by atoms with Crippen LogP contribution in [0.3, 0.4) is 0 Å². The lowest BCUT2D eigenvalue weighted by Gasteiger charge is -2.30. The SMILES string of the molecule is CC(C)(C)C[C@H]1CCCN1C(=O)CCc1nc(-c2cccnc2)no1. The Morgan fingerprint density at radius 3 is 2.96 bits per heavy atom. The molecule has 0 aliphatic carbocycles. The summed E-state index contributed by atoms with van der Waals surface area (Å²) in [5.74, 6) is 1.20. The number of amides is 1. The molecule has 0 spiro atoms. The lowest BCUT2D eigenvalue weighted by molar-refractivity contribution is -0.132. The molecule has 1 saturated heterocycles. The van der Waals surface area contributed by atoms with Gasteiger partial charge in [0.05, 0.1) is 0 Å². The van der Waals surface area contributed by atoms with Crippen molar-refractivity contribution < 1.29 is 9.32 Å². The molecule has 3 heterocycles. The predicted octanol–water partition coefficient (Wildman–Crippen LogP) is 3.49. The molecule has 0 saturated carbocycles. The van der Waals surface area contributed by atoms with Crippen molar-refractivity contribution in [2.24, 2.45) is 5.41 Å². The first-order chi connectivity index (χ1) is 11.9. The number of pyridine rings is 1. The summed E-state index contributed by atoms with van der Waals surface area (Å²) in [6.45, 7) is 7.55. The fourth-order valence-corrected chi connectivity index (χ4v) is 3.41. The average molecular weight is 342 g/mol. The van der Waals surface area contributed by atoms with Crippen LogP contribution in [0.2, 0.25) is 0 Å². The molecule has 1 aliphatic heterocycles. The Hall–Kier alpha value is -2.24. The Labute approximate surface area is 148 Å². The molecule has 2 aromatic heterocycles. The van der Waals surface area contributed by atoms with E-state index in [1.54, 1.807) is 12.4 Å². The molecule has 1 fully saturated rings. The topological polar surface area (TPSA) is 72.1 Å². The maximum absolute atomic E-state index is 12.6. The molecule has 3 rings (SSSR count). The predicted molar refractivity (Wildman–Crippen MR) is 94.7 cm³/mol. The number of carbonyl (C=O) groups excluding carboxylic acids is 1. The van der Waals surface area contributed by atoms with Crippen LogP contribution in [-0.2, 0) is 11.2 Å². The van der Waals surface area contributed by atoms with E-state index in [0.717, 1.165) is 31.4 Å². The van der Waals surface area contributed by atoms with Crippen LogP contribution in [0.5, 0.6) is 0 Å². The number of hydrogen-bond donors (Lipinski definition) is 0. The van der Waals surface area contributed by atoms with Gasteiger partial charge >= 0.3 is 0 Å². The minimum Gasteiger partial charge on any atom is -0.340 e. The van der Waals surface area contributed by atoms with Crippen molar-refractivity contribution in [3.8, 4) is 11.4 Å². The second-order valence-electron chi connectivity index (χ2n) is 7.90. The van der Waals surface area contributed by atoms with Gasteiger partial charge in [0.2, 0.25) is 17.6 Å². The summed E-state index contributed by atoms with van der Waals surface area (Å²) in [6, 6.07) is 4.08. The van der Waals surface area contributed by atoms with Gasteiger partial charge in [-0.3, -0.25) is 9.78 Å². The minimum atomic E-state index is 0.188. The van der Waals surface area contributed by atoms with Crippen molar-refractivity contribution in [3.05, 3.63) is 30.4 Å². The third-order valence-electron chi connectivity index (χ3n) is 4.49. The number of carbonyl (C=O) groups is 1. The number of likely N-dealkylation sites (tertiary alicyclic amines) is 1. The normalized spacial score (nSPS) is 17.9. The Balaban J connectivity index is 1.56. The monoisotopic (exact) mass is 342 g/mol. The van der Waals surface area contributed by atoms with Crippen molar-refractivity contribution in [1.29, 1.82) is 0 Å². The van der Waals surface area contributed by atoms with Gasteiger partial charge in [0, 0.05) is 43.4 Å². The molecule has 6 nitrogen and oxygen atoms in total. The molecular formula is C19H26N4O2. The van der Waals surface area contributed by atoms with E-state index in [1.165, 1.54) is 0 Å². The van der Waals surface area contributed by atoms with E-state index < -0.39 is 0 Å². The van der Waals surface area contributed by atoms with Gasteiger partial charge in [-0.2, -0.15) is 4.98 Å². The molecule has 1 amide bonds. The first-order valence-corrected chi connectivity index (χ1v) is 8.95. The second kappa shape index (κ2) is 7.33. The summed E-state index contributed by atoms with van der Waals surface area (Å²) in [5.41, 5.74) is 1.05. The molecule has 0 aromatic carbocycles. The summed E-state index contributed by atoms with van der Waals surface area (Å²) in [7, 11) is 0. The van der Waals surface area contributed by atoms with Crippen molar-refractivity contribution in [2.75, 3.05) is 6.54 Å². The fraction of sp³-hybridized carbons (Fsp3) is 0.579. The molecular weight excluding hydrogens is 316 g/mol. The van der Waals surface area contributed by atoms with Gasteiger partial charge in [-0.15, -0.1) is 0 Å². The lowest BCUT2D eigenvalue weighted by Crippen LogP contribution is -2.37. The van der Waals surface area contributed by atoms with E-state index in [0.29, 0.717) is 30.6 Å². The van der Waals surface area contributed by atoms with Gasteiger partial charge in [-0.1, -0.05) is 25.9 Å². The molecule has 0 N–H and O–H groups in total. The van der Waals surface area contributed by atoms with Gasteiger partial charge in [-0.25, -0.2) is 0 Å². The molecule has 0 radical (unpaired) electrons. The number of aryl methyl sites for hydroxylation is 1. The molecule has 2 aromatic rings. The summed E-state index contributed by atoms with van der Waals surface area (Å²) in [5, 5.41) is 3.97. The van der Waals surface area contributed by atoms with E-state index in [4.69, 9.17) is 4.52 Å². The second-order valence-corrected chi connectivity index (χ2v) is 7.90. The van der Waals surface area contributed by atoms with Gasteiger partial charge in [0.25, 0.3) is 0 Å². The van der Waals surface area contributed by atoms with Crippen LogP contribution in [0, 0.1) is 5.41 Å². The van der Waals surface area contributed by atoms with Gasteiger partial charge in [0.15, 0.2) is 0 Å². The zero-order valence-corrected chi connectivity index (χ0v) is 15.2. The van der Waals surface area contributed by atoms with Crippen molar-refractivity contribution in [1.82, 2.24) is 20.0 Å². The number of nitrogens with zero attached hydrogens (tertiary/aromatic N) is 4. The highest BCUT2D eigenvalue weighted by Gasteiger charge is 2.31. The summed E-state index contributed by atoms with van der Waals surface area (Å²) >= 11 is 0. The van der Waals surface area contributed by atoms with Gasteiger partial charge < -0.3 is 9.42 Å². The molecule has 1 atom stereocenters. The maximum atomic E-state index is 12.6. The van der Waals surface area contributed by atoms with Crippen LogP contribution in [0.25, 0.3) is 11.4 Å². The van der Waals surface area contributed by atoms with E-state index in [9.17, 15) is 4.79 Å². The van der Waals surface area contributed by atoms with Gasteiger partial charge in [-0.05, 0) is 36.8 Å². The number of hydrogen-bond acceptors (Lipinski definition) is 5. The van der Waals surface area contributed by atoms with Crippen LogP contribution in [0.1, 0.15) is 52.3 Å². The third-order valence-corrected chi connectivity index (χ3v) is 4.49. The quantitative estimate of drug-likeness (QED) is 0.831. The first kappa shape index (κ1) is 17.6. The Morgan fingerprint density at radius 1 is 1.40 bits per heavy atom. The molecule has 6 heteroatoms. The zero-order valence-electron chi connectivity index (χ0n) is 15.2. The van der Waals surface area contributed by atoms with Crippen molar-refractivity contribution in [2.45, 2.75) is 58.9 Å². The molecule has 134 valence electrons. The van der Waals surface area contributed by atoms with Gasteiger partial charge in [0.1, 0.15) is 0 Å². The lowest BCUT2D eigenvalue weighted by atomic mass is 9.87. The molecule has 1 aliphatic rings. The maximum Gasteiger partial charge on any atom is 0.227 e. The highest BCUT2D eigenvalue weighted by atomic mass is 16.5. The van der Waals surface area contributed by atoms with E-state index in [-0.39, 0.29) is 11.3 Å². The van der Waals surface area contributed by atoms with E-state index in [2.05, 4.69) is 35.9 Å². The zero-order chi connectivity index (χ0) is 17.9. The Kier molecular flexibility index (Phi) is 5.16. The van der Waals surface area contributed by atoms with Crippen LogP contribution < -0.4 is 0 Å². The highest BCUT2D eigenvalue weighted by molar-refractivity contribution is 5.77. The first-order valence-electron chi connectivity index (χ1n) is 8.95. The summed E-state index contributed by atoms with van der Waals surface area (Å²) < 4.78 is 5.28. The fourth-order valence-electron chi connectivity index (χ4n) is 3.41. The highest BCUT2D eigenvalue weighted by Crippen LogP contribution is 2.30. The van der Waals surface area contributed by atoms with Crippen LogP contribution in [0.15, 0.2) is 29.0 Å². The Morgan fingerprint density at radius 2 is 2.24 bits per heavy atom. The molecule has 0 unspecified atom stereocenters. The number of rotatable bonds is 5. The smallest absolute Gasteiger partial charge is 0.227 e. The summed E-state index contributed by atoms with van der Waals surface area (Å²) in [4.78, 5) is 23.1. The average Bonchev–Trinajstić information content (AvgIpc) is 3.21. The Bertz CT molecular complexity index is 706. The van der Waals surface area contributed by atoms with Crippen molar-refractivity contribution >= 4 is 5.91 Å². The van der Waals surface area contributed by atoms with Crippen LogP contribution in [0.4, 0.5) is 0 Å². The van der Waals surface area contributed by atoms with E-state index >= 15 is 0 Å². The van der Waals surface area contributed by atoms with Crippen LogP contribution >= 0.6 is 0 Å². The van der Waals surface area contributed by atoms with Crippen molar-refractivity contribution in [3.63, 3.8) is 0 Å². The van der Waals surface area contributed by atoms with E-state index in [1.807, 2.05) is 17.0 Å². The minimum absolute atomic E-state index is 0.188. The standard InChI is InChI=1S/C19H26N4O2/c1-19(2,3)12-15-7-5-11-23(15)17(24)9-8-16-21-18(22-25-16)14-6-4-10-20-13-14/h4,6,10,13,15H,5,7-9,11-12H2,1-3H3/t15-/m1/s1. The molecule has 0 bridgehead atoms.